The zero-order valence-electron chi connectivity index (χ0n) is 10.5. The third-order valence-electron chi connectivity index (χ3n) is 1.86. The minimum Gasteiger partial charge on any atom is -0.453 e. The molecule has 1 rings (SSSR count). The number of nitrogens with one attached hydrogen (secondary N) is 1. The molecular weight excluding hydrogens is 232 g/mol. The number of carbonyl (C=O) groups is 2. The number of esters is 1. The van der Waals surface area contributed by atoms with Gasteiger partial charge in [0.05, 0.1) is 11.6 Å². The summed E-state index contributed by atoms with van der Waals surface area (Å²) in [6.07, 6.45) is 0. The second kappa shape index (κ2) is 5.32. The lowest BCUT2D eigenvalue weighted by atomic mass is 10.2. The average Bonchev–Trinajstić information content (AvgIpc) is 2.27. The van der Waals surface area contributed by atoms with Crippen molar-refractivity contribution in [3.8, 4) is 6.07 Å². The van der Waals surface area contributed by atoms with Gasteiger partial charge in [-0.1, -0.05) is 0 Å². The van der Waals surface area contributed by atoms with Gasteiger partial charge in [-0.25, -0.2) is 4.79 Å². The van der Waals surface area contributed by atoms with Gasteiger partial charge in [-0.2, -0.15) is 5.26 Å². The number of amides is 1. The summed E-state index contributed by atoms with van der Waals surface area (Å²) in [5, 5.41) is 11.0. The Morgan fingerprint density at radius 2 is 1.78 bits per heavy atom. The van der Waals surface area contributed by atoms with Crippen LogP contribution in [0, 0.1) is 11.3 Å². The Morgan fingerprint density at radius 3 is 2.22 bits per heavy atom. The smallest absolute Gasteiger partial charge is 0.397 e. The van der Waals surface area contributed by atoms with Crippen molar-refractivity contribution in [1.82, 2.24) is 0 Å². The van der Waals surface area contributed by atoms with Crippen LogP contribution in [0.25, 0.3) is 0 Å². The highest BCUT2D eigenvalue weighted by atomic mass is 16.6. The van der Waals surface area contributed by atoms with Gasteiger partial charge in [-0.05, 0) is 45.0 Å². The van der Waals surface area contributed by atoms with E-state index in [0.29, 0.717) is 11.3 Å². The number of hydrogen-bond donors (Lipinski definition) is 1. The maximum absolute atomic E-state index is 11.5. The van der Waals surface area contributed by atoms with Crippen LogP contribution in [0.1, 0.15) is 26.3 Å². The van der Waals surface area contributed by atoms with Gasteiger partial charge >= 0.3 is 11.9 Å². The third-order valence-corrected chi connectivity index (χ3v) is 1.86. The molecule has 0 aliphatic heterocycles. The summed E-state index contributed by atoms with van der Waals surface area (Å²) in [4.78, 5) is 22.9. The molecule has 1 amide bonds. The summed E-state index contributed by atoms with van der Waals surface area (Å²) < 4.78 is 4.91. The topological polar surface area (TPSA) is 79.2 Å². The van der Waals surface area contributed by atoms with Crippen LogP contribution < -0.4 is 5.32 Å². The second-order valence-electron chi connectivity index (χ2n) is 4.65. The molecule has 5 heteroatoms. The van der Waals surface area contributed by atoms with Crippen LogP contribution >= 0.6 is 0 Å². The van der Waals surface area contributed by atoms with Gasteiger partial charge in [0.25, 0.3) is 0 Å². The van der Waals surface area contributed by atoms with E-state index in [9.17, 15) is 9.59 Å². The van der Waals surface area contributed by atoms with Crippen LogP contribution in [-0.4, -0.2) is 17.5 Å². The molecule has 18 heavy (non-hydrogen) atoms. The molecule has 0 aliphatic carbocycles. The van der Waals surface area contributed by atoms with E-state index < -0.39 is 17.5 Å². The lowest BCUT2D eigenvalue weighted by Crippen LogP contribution is -2.32. The third kappa shape index (κ3) is 4.26. The fourth-order valence-corrected chi connectivity index (χ4v) is 1.13. The molecule has 1 aromatic rings. The number of hydrogen-bond acceptors (Lipinski definition) is 4. The summed E-state index contributed by atoms with van der Waals surface area (Å²) in [5.74, 6) is -1.78. The zero-order valence-corrected chi connectivity index (χ0v) is 10.5. The van der Waals surface area contributed by atoms with Crippen molar-refractivity contribution < 1.29 is 14.3 Å². The Balaban J connectivity index is 2.64. The first-order chi connectivity index (χ1) is 8.31. The summed E-state index contributed by atoms with van der Waals surface area (Å²) in [7, 11) is 0. The van der Waals surface area contributed by atoms with Crippen LogP contribution in [0.3, 0.4) is 0 Å². The zero-order chi connectivity index (χ0) is 13.8. The van der Waals surface area contributed by atoms with Gasteiger partial charge in [0.15, 0.2) is 0 Å². The predicted octanol–water partition coefficient (Wildman–Crippen LogP) is 1.84. The van der Waals surface area contributed by atoms with E-state index in [2.05, 4.69) is 5.32 Å². The fraction of sp³-hybridized carbons (Fsp3) is 0.308. The van der Waals surface area contributed by atoms with Crippen molar-refractivity contribution >= 4 is 17.6 Å². The maximum Gasteiger partial charge on any atom is 0.397 e. The molecule has 0 radical (unpaired) electrons. The van der Waals surface area contributed by atoms with Crippen LogP contribution in [0.4, 0.5) is 5.69 Å². The van der Waals surface area contributed by atoms with E-state index in [-0.39, 0.29) is 0 Å². The molecule has 0 saturated heterocycles. The van der Waals surface area contributed by atoms with Gasteiger partial charge in [-0.3, -0.25) is 4.79 Å². The van der Waals surface area contributed by atoms with Crippen molar-refractivity contribution in [2.45, 2.75) is 26.4 Å². The average molecular weight is 246 g/mol. The predicted molar refractivity (Wildman–Crippen MR) is 65.6 cm³/mol. The minimum absolute atomic E-state index is 0.435. The molecule has 0 saturated carbocycles. The molecule has 94 valence electrons. The molecule has 0 aromatic heterocycles. The molecule has 0 aliphatic rings. The van der Waals surface area contributed by atoms with E-state index in [1.54, 1.807) is 45.0 Å². The van der Waals surface area contributed by atoms with Gasteiger partial charge in [0.2, 0.25) is 0 Å². The Kier molecular flexibility index (Phi) is 4.05. The van der Waals surface area contributed by atoms with E-state index in [4.69, 9.17) is 10.00 Å². The van der Waals surface area contributed by atoms with E-state index in [0.717, 1.165) is 0 Å². The Labute approximate surface area is 105 Å². The van der Waals surface area contributed by atoms with Crippen molar-refractivity contribution in [3.05, 3.63) is 29.8 Å². The number of benzene rings is 1. The first kappa shape index (κ1) is 13.7. The van der Waals surface area contributed by atoms with Gasteiger partial charge in [0.1, 0.15) is 5.60 Å². The maximum atomic E-state index is 11.5. The first-order valence-corrected chi connectivity index (χ1v) is 5.36. The molecule has 0 heterocycles. The van der Waals surface area contributed by atoms with E-state index in [1.807, 2.05) is 6.07 Å². The molecule has 1 N–H and O–H groups in total. The lowest BCUT2D eigenvalue weighted by Gasteiger charge is -2.18. The Morgan fingerprint density at radius 1 is 1.22 bits per heavy atom. The van der Waals surface area contributed by atoms with Gasteiger partial charge < -0.3 is 10.1 Å². The number of anilines is 1. The van der Waals surface area contributed by atoms with Crippen molar-refractivity contribution in [1.29, 1.82) is 5.26 Å². The molecule has 0 spiro atoms. The van der Waals surface area contributed by atoms with Gasteiger partial charge in [0, 0.05) is 5.69 Å². The van der Waals surface area contributed by atoms with Crippen molar-refractivity contribution in [3.63, 3.8) is 0 Å². The largest absolute Gasteiger partial charge is 0.453 e. The Bertz CT molecular complexity index is 492. The first-order valence-electron chi connectivity index (χ1n) is 5.36. The summed E-state index contributed by atoms with van der Waals surface area (Å²) in [6.45, 7) is 5.04. The van der Waals surface area contributed by atoms with Crippen molar-refractivity contribution in [2.75, 3.05) is 5.32 Å². The highest BCUT2D eigenvalue weighted by molar-refractivity contribution is 6.37. The summed E-state index contributed by atoms with van der Waals surface area (Å²) in [6, 6.07) is 8.13. The summed E-state index contributed by atoms with van der Waals surface area (Å²) >= 11 is 0. The number of rotatable bonds is 1. The molecule has 0 atom stereocenters. The lowest BCUT2D eigenvalue weighted by molar-refractivity contribution is -0.161. The van der Waals surface area contributed by atoms with Crippen LogP contribution in [0.15, 0.2) is 24.3 Å². The molecular formula is C13H14N2O3. The van der Waals surface area contributed by atoms with E-state index >= 15 is 0 Å². The molecule has 0 unspecified atom stereocenters. The molecule has 5 nitrogen and oxygen atoms in total. The standard InChI is InChI=1S/C13H14N2O3/c1-13(2,3)18-12(17)11(16)15-10-6-4-9(8-14)5-7-10/h4-7H,1-3H3,(H,15,16). The fourth-order valence-electron chi connectivity index (χ4n) is 1.13. The highest BCUT2D eigenvalue weighted by Crippen LogP contribution is 2.10. The quantitative estimate of drug-likeness (QED) is 0.605. The number of ether oxygens (including phenoxy) is 1. The van der Waals surface area contributed by atoms with E-state index in [1.165, 1.54) is 0 Å². The number of carbonyl (C=O) groups excluding carboxylic acids is 2. The minimum atomic E-state index is -0.938. The molecule has 1 aromatic carbocycles. The van der Waals surface area contributed by atoms with Crippen molar-refractivity contribution in [2.24, 2.45) is 0 Å². The monoisotopic (exact) mass is 246 g/mol. The van der Waals surface area contributed by atoms with Gasteiger partial charge in [-0.15, -0.1) is 0 Å². The summed E-state index contributed by atoms with van der Waals surface area (Å²) in [5.41, 5.74) is 0.203. The van der Waals surface area contributed by atoms with Crippen LogP contribution in [-0.2, 0) is 14.3 Å². The number of nitrogens with zero attached hydrogens (tertiary/aromatic N) is 1. The molecule has 0 bridgehead atoms. The Hall–Kier alpha value is -2.35. The normalized spacial score (nSPS) is 10.3. The highest BCUT2D eigenvalue weighted by Gasteiger charge is 2.22. The SMILES string of the molecule is CC(C)(C)OC(=O)C(=O)Nc1ccc(C#N)cc1. The van der Waals surface area contributed by atoms with Crippen LogP contribution in [0.5, 0.6) is 0 Å². The van der Waals surface area contributed by atoms with Crippen LogP contribution in [0.2, 0.25) is 0 Å². The number of nitriles is 1. The molecule has 0 fully saturated rings. The second-order valence-corrected chi connectivity index (χ2v) is 4.65.